The highest BCUT2D eigenvalue weighted by atomic mass is 16.2. The van der Waals surface area contributed by atoms with Gasteiger partial charge < -0.3 is 14.7 Å². The van der Waals surface area contributed by atoms with Crippen LogP contribution in [0.1, 0.15) is 23.2 Å². The fraction of sp³-hybridized carbons (Fsp3) is 0.350. The Bertz CT molecular complexity index is 800. The molecule has 2 amide bonds. The second-order valence-electron chi connectivity index (χ2n) is 6.74. The molecule has 0 aliphatic carbocycles. The molecule has 2 aliphatic rings. The summed E-state index contributed by atoms with van der Waals surface area (Å²) >= 11 is 0. The largest absolute Gasteiger partial charge is 0.368 e. The molecule has 6 heteroatoms. The molecule has 1 aromatic carbocycles. The van der Waals surface area contributed by atoms with E-state index in [9.17, 15) is 9.59 Å². The van der Waals surface area contributed by atoms with Crippen LogP contribution < -0.4 is 14.8 Å². The number of rotatable bonds is 3. The molecule has 2 fully saturated rings. The van der Waals surface area contributed by atoms with E-state index in [2.05, 4.69) is 9.88 Å². The van der Waals surface area contributed by atoms with Crippen molar-refractivity contribution in [1.29, 1.82) is 0 Å². The zero-order chi connectivity index (χ0) is 17.9. The number of H-pyrrole nitrogens is 1. The Morgan fingerprint density at radius 1 is 0.923 bits per heavy atom. The number of nitrogens with one attached hydrogen (secondary N) is 1. The number of benzene rings is 1. The van der Waals surface area contributed by atoms with E-state index >= 15 is 0 Å². The van der Waals surface area contributed by atoms with Crippen LogP contribution in [0, 0.1) is 0 Å². The lowest BCUT2D eigenvalue weighted by atomic mass is 10.1. The van der Waals surface area contributed by atoms with Gasteiger partial charge in [-0.3, -0.25) is 9.59 Å². The molecule has 6 nitrogen and oxygen atoms in total. The minimum absolute atomic E-state index is 0.0412. The Balaban J connectivity index is 1.43. The third-order valence-electron chi connectivity index (χ3n) is 5.11. The summed E-state index contributed by atoms with van der Waals surface area (Å²) in [5.74, 6) is 0.183. The maximum Gasteiger partial charge on any atom is 0.254 e. The first-order valence-corrected chi connectivity index (χ1v) is 9.13. The van der Waals surface area contributed by atoms with Crippen LogP contribution in [0.5, 0.6) is 0 Å². The third kappa shape index (κ3) is 3.27. The van der Waals surface area contributed by atoms with Gasteiger partial charge in [0.2, 0.25) is 5.91 Å². The number of piperazine rings is 1. The number of amides is 2. The molecule has 26 heavy (non-hydrogen) atoms. The topological polar surface area (TPSA) is 58.0 Å². The normalized spacial score (nSPS) is 17.7. The predicted octanol–water partition coefficient (Wildman–Crippen LogP) is 1.59. The Labute approximate surface area is 153 Å². The van der Waals surface area contributed by atoms with Crippen LogP contribution in [0.4, 0.5) is 11.4 Å². The molecule has 1 N–H and O–H groups in total. The number of pyridine rings is 1. The van der Waals surface area contributed by atoms with E-state index in [0.717, 1.165) is 31.7 Å². The summed E-state index contributed by atoms with van der Waals surface area (Å²) in [5, 5.41) is 0. The molecule has 0 atom stereocenters. The fourth-order valence-corrected chi connectivity index (χ4v) is 3.67. The summed E-state index contributed by atoms with van der Waals surface area (Å²) in [6.45, 7) is 3.78. The number of carbonyl (C=O) groups excluding carboxylic acids is 2. The van der Waals surface area contributed by atoms with Gasteiger partial charge in [0.25, 0.3) is 5.91 Å². The maximum absolute atomic E-state index is 12.9. The highest BCUT2D eigenvalue weighted by molar-refractivity contribution is 5.99. The Morgan fingerprint density at radius 2 is 1.69 bits per heavy atom. The van der Waals surface area contributed by atoms with E-state index in [1.807, 2.05) is 53.7 Å². The minimum Gasteiger partial charge on any atom is -0.368 e. The number of nitrogens with zero attached hydrogens (tertiary/aromatic N) is 3. The van der Waals surface area contributed by atoms with Crippen LogP contribution in [0.25, 0.3) is 0 Å². The lowest BCUT2D eigenvalue weighted by Crippen LogP contribution is -2.48. The molecule has 0 bridgehead atoms. The molecule has 2 aliphatic heterocycles. The van der Waals surface area contributed by atoms with E-state index in [-0.39, 0.29) is 11.8 Å². The van der Waals surface area contributed by atoms with Crippen molar-refractivity contribution >= 4 is 23.2 Å². The van der Waals surface area contributed by atoms with Crippen molar-refractivity contribution in [2.75, 3.05) is 42.5 Å². The van der Waals surface area contributed by atoms with Gasteiger partial charge in [-0.25, -0.2) is 4.98 Å². The molecular formula is C20H23N4O2+. The fourth-order valence-electron chi connectivity index (χ4n) is 3.67. The molecule has 0 unspecified atom stereocenters. The van der Waals surface area contributed by atoms with Gasteiger partial charge in [-0.05, 0) is 24.6 Å². The lowest BCUT2D eigenvalue weighted by Gasteiger charge is -2.36. The Kier molecular flexibility index (Phi) is 4.56. The molecule has 134 valence electrons. The second-order valence-corrected chi connectivity index (χ2v) is 6.74. The SMILES string of the molecule is O=C(c1cccc(N2CCCC2=O)c1)N1CCN(c2cc[nH+]cc2)CC1. The van der Waals surface area contributed by atoms with Crippen LogP contribution in [-0.4, -0.2) is 49.4 Å². The number of aromatic amines is 1. The van der Waals surface area contributed by atoms with Crippen molar-refractivity contribution in [1.82, 2.24) is 4.90 Å². The standard InChI is InChI=1S/C20H22N4O2/c25-19-5-2-10-24(19)18-4-1-3-16(15-18)20(26)23-13-11-22(12-14-23)17-6-8-21-9-7-17/h1,3-4,6-9,15H,2,5,10-14H2/p+1. The van der Waals surface area contributed by atoms with Crippen LogP contribution >= 0.6 is 0 Å². The van der Waals surface area contributed by atoms with Gasteiger partial charge >= 0.3 is 0 Å². The van der Waals surface area contributed by atoms with E-state index < -0.39 is 0 Å². The highest BCUT2D eigenvalue weighted by Gasteiger charge is 2.25. The quantitative estimate of drug-likeness (QED) is 0.844. The molecule has 0 radical (unpaired) electrons. The monoisotopic (exact) mass is 351 g/mol. The number of hydrogen-bond donors (Lipinski definition) is 0. The summed E-state index contributed by atoms with van der Waals surface area (Å²) in [7, 11) is 0. The van der Waals surface area contributed by atoms with E-state index in [1.165, 1.54) is 5.69 Å². The average molecular weight is 351 g/mol. The summed E-state index contributed by atoms with van der Waals surface area (Å²) in [4.78, 5) is 33.8. The number of carbonyl (C=O) groups is 2. The van der Waals surface area contributed by atoms with Crippen molar-refractivity contribution in [2.24, 2.45) is 0 Å². The first-order chi connectivity index (χ1) is 12.7. The van der Waals surface area contributed by atoms with Crippen molar-refractivity contribution in [3.05, 3.63) is 54.4 Å². The molecule has 1 aromatic heterocycles. The summed E-state index contributed by atoms with van der Waals surface area (Å²) in [6, 6.07) is 11.6. The van der Waals surface area contributed by atoms with E-state index in [0.29, 0.717) is 25.1 Å². The molecule has 3 heterocycles. The molecule has 2 saturated heterocycles. The van der Waals surface area contributed by atoms with Crippen LogP contribution in [0.15, 0.2) is 48.8 Å². The molecular weight excluding hydrogens is 328 g/mol. The van der Waals surface area contributed by atoms with Gasteiger partial charge in [-0.1, -0.05) is 6.07 Å². The van der Waals surface area contributed by atoms with Crippen LogP contribution in [0.3, 0.4) is 0 Å². The smallest absolute Gasteiger partial charge is 0.254 e. The van der Waals surface area contributed by atoms with Crippen molar-refractivity contribution in [3.63, 3.8) is 0 Å². The van der Waals surface area contributed by atoms with Crippen molar-refractivity contribution < 1.29 is 14.6 Å². The zero-order valence-electron chi connectivity index (χ0n) is 14.7. The van der Waals surface area contributed by atoms with E-state index in [1.54, 1.807) is 4.90 Å². The lowest BCUT2D eigenvalue weighted by molar-refractivity contribution is -0.377. The Morgan fingerprint density at radius 3 is 2.38 bits per heavy atom. The minimum atomic E-state index is 0.0412. The predicted molar refractivity (Wildman–Crippen MR) is 99.1 cm³/mol. The first kappa shape index (κ1) is 16.6. The zero-order valence-corrected chi connectivity index (χ0v) is 14.7. The molecule has 0 spiro atoms. The molecule has 2 aromatic rings. The first-order valence-electron chi connectivity index (χ1n) is 9.13. The summed E-state index contributed by atoms with van der Waals surface area (Å²) in [5.41, 5.74) is 2.66. The highest BCUT2D eigenvalue weighted by Crippen LogP contribution is 2.23. The molecule has 4 rings (SSSR count). The second kappa shape index (κ2) is 7.15. The summed E-state index contributed by atoms with van der Waals surface area (Å²) in [6.07, 6.45) is 5.31. The summed E-state index contributed by atoms with van der Waals surface area (Å²) < 4.78 is 0. The van der Waals surface area contributed by atoms with Gasteiger partial charge in [0, 0.05) is 68.2 Å². The van der Waals surface area contributed by atoms with E-state index in [4.69, 9.17) is 0 Å². The maximum atomic E-state index is 12.9. The number of anilines is 2. The van der Waals surface area contributed by atoms with Crippen molar-refractivity contribution in [3.8, 4) is 0 Å². The molecule has 0 saturated carbocycles. The average Bonchev–Trinajstić information content (AvgIpc) is 3.14. The number of aromatic nitrogens is 1. The van der Waals surface area contributed by atoms with Gasteiger partial charge in [0.1, 0.15) is 0 Å². The van der Waals surface area contributed by atoms with Crippen molar-refractivity contribution in [2.45, 2.75) is 12.8 Å². The van der Waals surface area contributed by atoms with Gasteiger partial charge in [-0.15, -0.1) is 0 Å². The number of hydrogen-bond acceptors (Lipinski definition) is 3. The Hall–Kier alpha value is -2.89. The van der Waals surface area contributed by atoms with Crippen LogP contribution in [0.2, 0.25) is 0 Å². The van der Waals surface area contributed by atoms with Gasteiger partial charge in [0.15, 0.2) is 12.4 Å². The van der Waals surface area contributed by atoms with Crippen LogP contribution in [-0.2, 0) is 4.79 Å². The third-order valence-corrected chi connectivity index (χ3v) is 5.11. The van der Waals surface area contributed by atoms with Gasteiger partial charge in [-0.2, -0.15) is 0 Å². The van der Waals surface area contributed by atoms with Gasteiger partial charge in [0.05, 0.1) is 0 Å².